The molecule has 0 unspecified atom stereocenters. The number of fused-ring (bicyclic) bond motifs is 1. The van der Waals surface area contributed by atoms with Crippen molar-refractivity contribution in [2.45, 2.75) is 6.42 Å². The lowest BCUT2D eigenvalue weighted by molar-refractivity contribution is 0.479. The Kier molecular flexibility index (Phi) is 6.49. The van der Waals surface area contributed by atoms with E-state index in [1.807, 2.05) is 49.3 Å². The number of hydrogen-bond acceptors (Lipinski definition) is 2. The number of rotatable bonds is 3. The van der Waals surface area contributed by atoms with E-state index in [1.54, 1.807) is 0 Å². The molecule has 110 valence electrons. The molecule has 0 spiro atoms. The summed E-state index contributed by atoms with van der Waals surface area (Å²) in [6.07, 6.45) is 1.00. The molecule has 0 aliphatic carbocycles. The molecule has 1 aromatic carbocycles. The molecular weight excluding hydrogens is 334 g/mol. The van der Waals surface area contributed by atoms with Crippen molar-refractivity contribution in [1.82, 2.24) is 9.80 Å². The summed E-state index contributed by atoms with van der Waals surface area (Å²) >= 11 is 1.87. The van der Waals surface area contributed by atoms with Crippen LogP contribution in [-0.4, -0.2) is 50.5 Å². The van der Waals surface area contributed by atoms with Crippen molar-refractivity contribution in [2.75, 3.05) is 34.7 Å². The Morgan fingerprint density at radius 3 is 2.35 bits per heavy atom. The number of benzene rings is 1. The Morgan fingerprint density at radius 1 is 1.10 bits per heavy atom. The minimum atomic E-state index is 0. The fourth-order valence-corrected chi connectivity index (χ4v) is 3.16. The third kappa shape index (κ3) is 4.21. The van der Waals surface area contributed by atoms with E-state index >= 15 is 0 Å². The van der Waals surface area contributed by atoms with Crippen LogP contribution in [0.15, 0.2) is 35.3 Å². The third-order valence-corrected chi connectivity index (χ3v) is 4.06. The largest absolute Gasteiger partial charge is 0.349 e. The van der Waals surface area contributed by atoms with Gasteiger partial charge in [0.25, 0.3) is 0 Å². The summed E-state index contributed by atoms with van der Waals surface area (Å²) in [5.74, 6) is 1.01. The standard InChI is InChI=1S/C15H21N3S.BrH/c1-17(2)15(18(3)4)16-10-9-13-11-12-7-5-6-8-14(12)19-13;/h5-8,11H,9-10H2,1-4H3;1H. The van der Waals surface area contributed by atoms with Gasteiger partial charge in [-0.2, -0.15) is 0 Å². The number of nitrogens with zero attached hydrogens (tertiary/aromatic N) is 3. The van der Waals surface area contributed by atoms with Crippen molar-refractivity contribution >= 4 is 44.4 Å². The maximum atomic E-state index is 4.66. The Morgan fingerprint density at radius 2 is 1.75 bits per heavy atom. The number of thiophene rings is 1. The van der Waals surface area contributed by atoms with Gasteiger partial charge in [-0.1, -0.05) is 18.2 Å². The highest BCUT2D eigenvalue weighted by Crippen LogP contribution is 2.25. The second-order valence-electron chi connectivity index (χ2n) is 4.97. The first-order valence-electron chi connectivity index (χ1n) is 6.44. The number of aliphatic imine (C=N–C) groups is 1. The van der Waals surface area contributed by atoms with E-state index in [1.165, 1.54) is 15.0 Å². The SMILES string of the molecule is Br.CN(C)C(=NCCc1cc2ccccc2s1)N(C)C. The Hall–Kier alpha value is -1.07. The summed E-state index contributed by atoms with van der Waals surface area (Å²) in [4.78, 5) is 10.2. The summed E-state index contributed by atoms with van der Waals surface area (Å²) < 4.78 is 1.36. The van der Waals surface area contributed by atoms with E-state index in [0.717, 1.165) is 18.9 Å². The molecule has 2 aromatic rings. The molecule has 20 heavy (non-hydrogen) atoms. The first kappa shape index (κ1) is 17.0. The minimum absolute atomic E-state index is 0. The molecule has 0 aliphatic heterocycles. The lowest BCUT2D eigenvalue weighted by Gasteiger charge is -2.22. The Balaban J connectivity index is 0.00000200. The van der Waals surface area contributed by atoms with Gasteiger partial charge in [-0.25, -0.2) is 0 Å². The molecule has 0 bridgehead atoms. The first-order valence-corrected chi connectivity index (χ1v) is 7.26. The van der Waals surface area contributed by atoms with Crippen LogP contribution in [-0.2, 0) is 6.42 Å². The normalized spacial score (nSPS) is 10.0. The van der Waals surface area contributed by atoms with Crippen LogP contribution in [0.3, 0.4) is 0 Å². The Labute approximate surface area is 135 Å². The number of guanidine groups is 1. The summed E-state index contributed by atoms with van der Waals surface area (Å²) in [6, 6.07) is 10.8. The van der Waals surface area contributed by atoms with Crippen molar-refractivity contribution in [3.63, 3.8) is 0 Å². The van der Waals surface area contributed by atoms with Crippen LogP contribution in [0.2, 0.25) is 0 Å². The van der Waals surface area contributed by atoms with Gasteiger partial charge in [0.15, 0.2) is 5.96 Å². The monoisotopic (exact) mass is 355 g/mol. The fourth-order valence-electron chi connectivity index (χ4n) is 2.11. The average Bonchev–Trinajstić information content (AvgIpc) is 2.76. The smallest absolute Gasteiger partial charge is 0.195 e. The predicted octanol–water partition coefficient (Wildman–Crippen LogP) is 3.50. The van der Waals surface area contributed by atoms with Crippen LogP contribution in [0.1, 0.15) is 4.88 Å². The van der Waals surface area contributed by atoms with Gasteiger partial charge in [-0.15, -0.1) is 28.3 Å². The highest BCUT2D eigenvalue weighted by molar-refractivity contribution is 8.93. The van der Waals surface area contributed by atoms with E-state index in [4.69, 9.17) is 0 Å². The fraction of sp³-hybridized carbons (Fsp3) is 0.400. The summed E-state index contributed by atoms with van der Waals surface area (Å²) in [6.45, 7) is 0.832. The zero-order valence-corrected chi connectivity index (χ0v) is 15.0. The van der Waals surface area contributed by atoms with Crippen LogP contribution in [0, 0.1) is 0 Å². The second kappa shape index (κ2) is 7.64. The van der Waals surface area contributed by atoms with Crippen molar-refractivity contribution in [1.29, 1.82) is 0 Å². The quantitative estimate of drug-likeness (QED) is 0.619. The van der Waals surface area contributed by atoms with Crippen molar-refractivity contribution in [3.8, 4) is 0 Å². The molecule has 0 aliphatic rings. The molecule has 0 atom stereocenters. The lowest BCUT2D eigenvalue weighted by atomic mass is 10.2. The summed E-state index contributed by atoms with van der Waals surface area (Å²) in [7, 11) is 8.10. The molecular formula is C15H22BrN3S. The third-order valence-electron chi connectivity index (χ3n) is 2.89. The zero-order valence-electron chi connectivity index (χ0n) is 12.5. The molecule has 0 saturated carbocycles. The summed E-state index contributed by atoms with van der Waals surface area (Å²) in [5, 5.41) is 1.34. The predicted molar refractivity (Wildman–Crippen MR) is 95.5 cm³/mol. The maximum Gasteiger partial charge on any atom is 0.195 e. The molecule has 1 heterocycles. The van der Waals surface area contributed by atoms with Crippen LogP contribution in [0.5, 0.6) is 0 Å². The summed E-state index contributed by atoms with van der Waals surface area (Å²) in [5.41, 5.74) is 0. The molecule has 0 N–H and O–H groups in total. The van der Waals surface area contributed by atoms with Gasteiger partial charge >= 0.3 is 0 Å². The topological polar surface area (TPSA) is 18.8 Å². The molecule has 0 fully saturated rings. The van der Waals surface area contributed by atoms with Crippen LogP contribution in [0.4, 0.5) is 0 Å². The highest BCUT2D eigenvalue weighted by Gasteiger charge is 2.04. The molecule has 0 amide bonds. The van der Waals surface area contributed by atoms with Gasteiger partial charge in [0.1, 0.15) is 0 Å². The molecule has 0 saturated heterocycles. The van der Waals surface area contributed by atoms with E-state index in [9.17, 15) is 0 Å². The maximum absolute atomic E-state index is 4.66. The molecule has 1 aromatic heterocycles. The van der Waals surface area contributed by atoms with Gasteiger partial charge in [0, 0.05) is 50.7 Å². The van der Waals surface area contributed by atoms with Crippen molar-refractivity contribution < 1.29 is 0 Å². The minimum Gasteiger partial charge on any atom is -0.349 e. The number of halogens is 1. The Bertz CT molecular complexity index is 532. The number of hydrogen-bond donors (Lipinski definition) is 0. The van der Waals surface area contributed by atoms with E-state index in [-0.39, 0.29) is 17.0 Å². The van der Waals surface area contributed by atoms with E-state index in [0.29, 0.717) is 0 Å². The van der Waals surface area contributed by atoms with Gasteiger partial charge < -0.3 is 9.80 Å². The van der Waals surface area contributed by atoms with Gasteiger partial charge in [0.05, 0.1) is 0 Å². The average molecular weight is 356 g/mol. The van der Waals surface area contributed by atoms with Gasteiger partial charge in [-0.3, -0.25) is 4.99 Å². The molecule has 5 heteroatoms. The zero-order chi connectivity index (χ0) is 13.8. The molecule has 0 radical (unpaired) electrons. The van der Waals surface area contributed by atoms with Crippen molar-refractivity contribution in [3.05, 3.63) is 35.2 Å². The molecule has 3 nitrogen and oxygen atoms in total. The van der Waals surface area contributed by atoms with Crippen LogP contribution < -0.4 is 0 Å². The highest BCUT2D eigenvalue weighted by atomic mass is 79.9. The van der Waals surface area contributed by atoms with Crippen LogP contribution in [0.25, 0.3) is 10.1 Å². The van der Waals surface area contributed by atoms with Crippen molar-refractivity contribution in [2.24, 2.45) is 4.99 Å². The van der Waals surface area contributed by atoms with Gasteiger partial charge in [0.2, 0.25) is 0 Å². The van der Waals surface area contributed by atoms with E-state index < -0.39 is 0 Å². The first-order chi connectivity index (χ1) is 9.08. The van der Waals surface area contributed by atoms with Crippen LogP contribution >= 0.6 is 28.3 Å². The lowest BCUT2D eigenvalue weighted by Crippen LogP contribution is -2.35. The van der Waals surface area contributed by atoms with E-state index in [2.05, 4.69) is 35.3 Å². The van der Waals surface area contributed by atoms with Gasteiger partial charge in [-0.05, 0) is 17.5 Å². The molecule has 2 rings (SSSR count). The second-order valence-corrected chi connectivity index (χ2v) is 6.14.